The van der Waals surface area contributed by atoms with Crippen molar-refractivity contribution in [1.82, 2.24) is 4.31 Å². The monoisotopic (exact) mass is 384 g/mol. The summed E-state index contributed by atoms with van der Waals surface area (Å²) in [5, 5.41) is 0. The van der Waals surface area contributed by atoms with Gasteiger partial charge in [-0.25, -0.2) is 8.42 Å². The van der Waals surface area contributed by atoms with Gasteiger partial charge in [0.1, 0.15) is 10.7 Å². The van der Waals surface area contributed by atoms with E-state index in [1.54, 1.807) is 6.92 Å². The Bertz CT molecular complexity index is 546. The Kier molecular flexibility index (Phi) is 7.31. The smallest absolute Gasteiger partial charge is 0.247 e. The van der Waals surface area contributed by atoms with Crippen LogP contribution in [0.15, 0.2) is 20.0 Å². The summed E-state index contributed by atoms with van der Waals surface area (Å²) in [6.45, 7) is 2.68. The van der Waals surface area contributed by atoms with Crippen LogP contribution in [0.4, 0.5) is 0 Å². The molecule has 122 valence electrons. The molecule has 0 bridgehead atoms. The van der Waals surface area contributed by atoms with Crippen LogP contribution < -0.4 is 5.73 Å². The molecule has 0 saturated heterocycles. The fraction of sp³-hybridized carbons (Fsp3) is 0.667. The molecule has 1 atom stereocenters. The van der Waals surface area contributed by atoms with Crippen molar-refractivity contribution in [3.8, 4) is 0 Å². The summed E-state index contributed by atoms with van der Waals surface area (Å²) >= 11 is 3.13. The van der Waals surface area contributed by atoms with E-state index in [1.807, 2.05) is 0 Å². The summed E-state index contributed by atoms with van der Waals surface area (Å²) in [6, 6.07) is 1.09. The van der Waals surface area contributed by atoms with Crippen molar-refractivity contribution in [2.45, 2.75) is 24.4 Å². The van der Waals surface area contributed by atoms with Gasteiger partial charge in [-0.2, -0.15) is 4.31 Å². The number of sulfonamides is 1. The Hall–Kier alpha value is -0.450. The number of furan rings is 1. The lowest BCUT2D eigenvalue weighted by atomic mass is 10.3. The second-order valence-corrected chi connectivity index (χ2v) is 7.05. The van der Waals surface area contributed by atoms with E-state index in [-0.39, 0.29) is 41.9 Å². The van der Waals surface area contributed by atoms with Crippen molar-refractivity contribution >= 4 is 26.0 Å². The molecule has 0 radical (unpaired) electrons. The third-order valence-corrected chi connectivity index (χ3v) is 5.78. The van der Waals surface area contributed by atoms with E-state index in [2.05, 4.69) is 15.9 Å². The van der Waals surface area contributed by atoms with Crippen LogP contribution in [-0.4, -0.2) is 52.7 Å². The van der Waals surface area contributed by atoms with Crippen LogP contribution in [-0.2, 0) is 26.0 Å². The molecule has 1 heterocycles. The fourth-order valence-corrected chi connectivity index (χ4v) is 4.45. The number of hydrogen-bond donors (Lipinski definition) is 1. The minimum Gasteiger partial charge on any atom is -0.452 e. The summed E-state index contributed by atoms with van der Waals surface area (Å²) in [6.07, 6.45) is 0. The van der Waals surface area contributed by atoms with Gasteiger partial charge < -0.3 is 19.6 Å². The Morgan fingerprint density at radius 2 is 2.10 bits per heavy atom. The van der Waals surface area contributed by atoms with Gasteiger partial charge in [-0.1, -0.05) is 0 Å². The predicted octanol–water partition coefficient (Wildman–Crippen LogP) is 1.17. The zero-order valence-electron chi connectivity index (χ0n) is 12.3. The molecule has 7 nitrogen and oxygen atoms in total. The van der Waals surface area contributed by atoms with Gasteiger partial charge >= 0.3 is 0 Å². The topological polar surface area (TPSA) is 95.0 Å². The first-order valence-corrected chi connectivity index (χ1v) is 8.59. The first-order valence-electron chi connectivity index (χ1n) is 6.36. The molecule has 21 heavy (non-hydrogen) atoms. The van der Waals surface area contributed by atoms with E-state index in [9.17, 15) is 8.42 Å². The van der Waals surface area contributed by atoms with Crippen molar-refractivity contribution in [1.29, 1.82) is 0 Å². The number of nitrogens with zero attached hydrogens (tertiary/aromatic N) is 1. The largest absolute Gasteiger partial charge is 0.452 e. The van der Waals surface area contributed by atoms with Gasteiger partial charge in [0.15, 0.2) is 4.67 Å². The molecule has 0 amide bonds. The van der Waals surface area contributed by atoms with E-state index in [1.165, 1.54) is 24.6 Å². The maximum atomic E-state index is 12.8. The molecule has 1 rings (SSSR count). The van der Waals surface area contributed by atoms with Gasteiger partial charge in [0, 0.05) is 32.9 Å². The lowest BCUT2D eigenvalue weighted by molar-refractivity contribution is 0.119. The summed E-state index contributed by atoms with van der Waals surface area (Å²) in [7, 11) is -0.692. The van der Waals surface area contributed by atoms with E-state index in [0.29, 0.717) is 5.76 Å². The average Bonchev–Trinajstić information content (AvgIpc) is 2.81. The number of halogens is 1. The minimum absolute atomic E-state index is 0.0574. The Labute approximate surface area is 133 Å². The molecule has 0 saturated carbocycles. The van der Waals surface area contributed by atoms with Crippen LogP contribution in [0.25, 0.3) is 0 Å². The highest BCUT2D eigenvalue weighted by Crippen LogP contribution is 2.29. The average molecular weight is 385 g/mol. The summed E-state index contributed by atoms with van der Waals surface area (Å²) in [5.41, 5.74) is 5.48. The van der Waals surface area contributed by atoms with E-state index in [0.717, 1.165) is 0 Å². The number of rotatable bonds is 9. The van der Waals surface area contributed by atoms with Crippen molar-refractivity contribution in [2.24, 2.45) is 5.73 Å². The maximum Gasteiger partial charge on any atom is 0.247 e. The lowest BCUT2D eigenvalue weighted by Gasteiger charge is -2.27. The fourth-order valence-electron chi connectivity index (χ4n) is 1.88. The molecule has 0 aromatic carbocycles. The molecule has 0 aliphatic carbocycles. The highest BCUT2D eigenvalue weighted by molar-refractivity contribution is 9.10. The minimum atomic E-state index is -3.74. The van der Waals surface area contributed by atoms with E-state index in [4.69, 9.17) is 19.6 Å². The second kappa shape index (κ2) is 8.25. The number of methoxy groups -OCH3 is 2. The van der Waals surface area contributed by atoms with Crippen LogP contribution in [0.2, 0.25) is 0 Å². The molecule has 0 aliphatic heterocycles. The molecule has 0 spiro atoms. The number of ether oxygens (including phenoxy) is 2. The van der Waals surface area contributed by atoms with Gasteiger partial charge in [-0.15, -0.1) is 0 Å². The summed E-state index contributed by atoms with van der Waals surface area (Å²) in [4.78, 5) is 0.0574. The van der Waals surface area contributed by atoms with Crippen molar-refractivity contribution in [3.63, 3.8) is 0 Å². The SMILES string of the molecule is COCCN(C(C)COC)S(=O)(=O)c1cc(CN)oc1Br. The third kappa shape index (κ3) is 4.51. The molecule has 1 aromatic heterocycles. The molecule has 0 aliphatic rings. The Morgan fingerprint density at radius 3 is 2.57 bits per heavy atom. The second-order valence-electron chi connectivity index (χ2n) is 4.47. The van der Waals surface area contributed by atoms with Gasteiger partial charge in [0.2, 0.25) is 10.0 Å². The van der Waals surface area contributed by atoms with E-state index >= 15 is 0 Å². The Balaban J connectivity index is 3.15. The van der Waals surface area contributed by atoms with Crippen LogP contribution in [0, 0.1) is 0 Å². The van der Waals surface area contributed by atoms with Crippen LogP contribution in [0.1, 0.15) is 12.7 Å². The summed E-state index contributed by atoms with van der Waals surface area (Å²) in [5.74, 6) is 0.395. The van der Waals surface area contributed by atoms with Crippen LogP contribution >= 0.6 is 15.9 Å². The van der Waals surface area contributed by atoms with Crippen LogP contribution in [0.5, 0.6) is 0 Å². The Morgan fingerprint density at radius 1 is 1.43 bits per heavy atom. The quantitative estimate of drug-likeness (QED) is 0.686. The van der Waals surface area contributed by atoms with Crippen molar-refractivity contribution in [3.05, 3.63) is 16.5 Å². The van der Waals surface area contributed by atoms with Gasteiger partial charge in [-0.05, 0) is 22.9 Å². The molecular weight excluding hydrogens is 364 g/mol. The lowest BCUT2D eigenvalue weighted by Crippen LogP contribution is -2.42. The number of hydrogen-bond acceptors (Lipinski definition) is 6. The molecule has 0 fully saturated rings. The highest BCUT2D eigenvalue weighted by Gasteiger charge is 2.32. The molecular formula is C12H21BrN2O5S. The summed E-state index contributed by atoms with van der Waals surface area (Å²) < 4.78 is 42.4. The van der Waals surface area contributed by atoms with Gasteiger partial charge in [0.25, 0.3) is 0 Å². The predicted molar refractivity (Wildman–Crippen MR) is 81.4 cm³/mol. The zero-order chi connectivity index (χ0) is 16.0. The van der Waals surface area contributed by atoms with Crippen molar-refractivity contribution < 1.29 is 22.3 Å². The standard InChI is InChI=1S/C12H21BrN2O5S/c1-9(8-19-3)15(4-5-18-2)21(16,17)11-6-10(7-14)20-12(11)13/h6,9H,4-5,7-8,14H2,1-3H3. The highest BCUT2D eigenvalue weighted by atomic mass is 79.9. The van der Waals surface area contributed by atoms with E-state index < -0.39 is 10.0 Å². The third-order valence-electron chi connectivity index (χ3n) is 2.91. The molecule has 9 heteroatoms. The first-order chi connectivity index (χ1) is 9.88. The maximum absolute atomic E-state index is 12.8. The number of nitrogens with two attached hydrogens (primary N) is 1. The molecule has 2 N–H and O–H groups in total. The zero-order valence-corrected chi connectivity index (χ0v) is 14.7. The normalized spacial score (nSPS) is 13.8. The van der Waals surface area contributed by atoms with Crippen LogP contribution in [0.3, 0.4) is 0 Å². The first kappa shape index (κ1) is 18.6. The van der Waals surface area contributed by atoms with Gasteiger partial charge in [-0.3, -0.25) is 0 Å². The molecule has 1 aromatic rings. The molecule has 1 unspecified atom stereocenters. The van der Waals surface area contributed by atoms with Crippen molar-refractivity contribution in [2.75, 3.05) is 34.0 Å². The van der Waals surface area contributed by atoms with Gasteiger partial charge in [0.05, 0.1) is 19.8 Å².